The lowest BCUT2D eigenvalue weighted by molar-refractivity contribution is 0.436. The molecule has 0 bridgehead atoms. The molecule has 2 aromatic rings. The molecule has 0 radical (unpaired) electrons. The number of nitrogens with zero attached hydrogens (tertiary/aromatic N) is 2. The van der Waals surface area contributed by atoms with E-state index in [0.717, 1.165) is 32.7 Å². The van der Waals surface area contributed by atoms with E-state index in [1.807, 2.05) is 39.0 Å². The molecule has 0 N–H and O–H groups in total. The summed E-state index contributed by atoms with van der Waals surface area (Å²) >= 11 is 3.55. The first-order valence-corrected chi connectivity index (χ1v) is 7.46. The quantitative estimate of drug-likeness (QED) is 0.784. The summed E-state index contributed by atoms with van der Waals surface area (Å²) in [5.41, 5.74) is 4.19. The highest BCUT2D eigenvalue weighted by Gasteiger charge is 2.09. The lowest BCUT2D eigenvalue weighted by Crippen LogP contribution is -2.00. The Bertz CT molecular complexity index is 615. The average Bonchev–Trinajstić information content (AvgIpc) is 2.35. The van der Waals surface area contributed by atoms with Crippen LogP contribution in [0.2, 0.25) is 0 Å². The molecule has 0 unspecified atom stereocenters. The Balaban J connectivity index is 2.35. The molecule has 0 spiro atoms. The highest BCUT2D eigenvalue weighted by Crippen LogP contribution is 2.28. The van der Waals surface area contributed by atoms with E-state index in [1.54, 1.807) is 0 Å². The van der Waals surface area contributed by atoms with Crippen molar-refractivity contribution in [2.45, 2.75) is 40.5 Å². The monoisotopic (exact) mass is 334 g/mol. The molecule has 0 amide bonds. The SMILES string of the molecule is Cc1cc(C(C)C)nc(Oc2cc(C)c(Br)c(C)c2)n1. The number of ether oxygens (including phenoxy) is 1. The average molecular weight is 335 g/mol. The van der Waals surface area contributed by atoms with Gasteiger partial charge in [0.05, 0.1) is 5.69 Å². The van der Waals surface area contributed by atoms with Gasteiger partial charge in [0.25, 0.3) is 0 Å². The van der Waals surface area contributed by atoms with Gasteiger partial charge < -0.3 is 4.74 Å². The summed E-state index contributed by atoms with van der Waals surface area (Å²) in [6.07, 6.45) is 0. The van der Waals surface area contributed by atoms with Gasteiger partial charge in [-0.25, -0.2) is 4.98 Å². The Morgan fingerprint density at radius 3 is 2.15 bits per heavy atom. The molecule has 4 heteroatoms. The number of rotatable bonds is 3. The van der Waals surface area contributed by atoms with Crippen molar-refractivity contribution in [3.63, 3.8) is 0 Å². The van der Waals surface area contributed by atoms with Crippen LogP contribution in [-0.4, -0.2) is 9.97 Å². The number of aryl methyl sites for hydroxylation is 3. The summed E-state index contributed by atoms with van der Waals surface area (Å²) < 4.78 is 6.93. The first kappa shape index (κ1) is 15.0. The number of halogens is 1. The summed E-state index contributed by atoms with van der Waals surface area (Å²) in [4.78, 5) is 8.81. The maximum atomic E-state index is 5.82. The predicted molar refractivity (Wildman–Crippen MR) is 84.5 cm³/mol. The maximum absolute atomic E-state index is 5.82. The highest BCUT2D eigenvalue weighted by atomic mass is 79.9. The molecule has 0 saturated carbocycles. The third kappa shape index (κ3) is 3.37. The highest BCUT2D eigenvalue weighted by molar-refractivity contribution is 9.10. The molecule has 0 fully saturated rings. The van der Waals surface area contributed by atoms with E-state index in [-0.39, 0.29) is 0 Å². The molecule has 0 atom stereocenters. The van der Waals surface area contributed by atoms with Gasteiger partial charge in [0.15, 0.2) is 0 Å². The zero-order chi connectivity index (χ0) is 14.9. The molecule has 0 saturated heterocycles. The molecule has 0 aliphatic rings. The van der Waals surface area contributed by atoms with Gasteiger partial charge in [-0.15, -0.1) is 0 Å². The maximum Gasteiger partial charge on any atom is 0.322 e. The topological polar surface area (TPSA) is 35.0 Å². The van der Waals surface area contributed by atoms with Crippen LogP contribution in [0.3, 0.4) is 0 Å². The lowest BCUT2D eigenvalue weighted by atomic mass is 10.1. The number of aromatic nitrogens is 2. The normalized spacial score (nSPS) is 10.9. The molecule has 1 aromatic heterocycles. The summed E-state index contributed by atoms with van der Waals surface area (Å²) in [5.74, 6) is 1.12. The number of hydrogen-bond acceptors (Lipinski definition) is 3. The second-order valence-corrected chi connectivity index (χ2v) is 6.14. The van der Waals surface area contributed by atoms with E-state index in [9.17, 15) is 0 Å². The van der Waals surface area contributed by atoms with Gasteiger partial charge in [-0.3, -0.25) is 0 Å². The fourth-order valence-electron chi connectivity index (χ4n) is 1.98. The van der Waals surface area contributed by atoms with Crippen LogP contribution in [0.15, 0.2) is 22.7 Å². The Kier molecular flexibility index (Phi) is 4.43. The van der Waals surface area contributed by atoms with Crippen molar-refractivity contribution < 1.29 is 4.74 Å². The van der Waals surface area contributed by atoms with E-state index in [0.29, 0.717) is 11.9 Å². The third-order valence-corrected chi connectivity index (χ3v) is 4.31. The van der Waals surface area contributed by atoms with Crippen molar-refractivity contribution in [3.8, 4) is 11.8 Å². The molecule has 1 aromatic carbocycles. The predicted octanol–water partition coefficient (Wildman–Crippen LogP) is 5.08. The second kappa shape index (κ2) is 5.92. The summed E-state index contributed by atoms with van der Waals surface area (Å²) in [7, 11) is 0. The smallest absolute Gasteiger partial charge is 0.322 e. The number of hydrogen-bond donors (Lipinski definition) is 0. The third-order valence-electron chi connectivity index (χ3n) is 3.06. The van der Waals surface area contributed by atoms with Crippen LogP contribution in [0, 0.1) is 20.8 Å². The summed E-state index contributed by atoms with van der Waals surface area (Å²) in [6, 6.07) is 6.38. The lowest BCUT2D eigenvalue weighted by Gasteiger charge is -2.11. The Morgan fingerprint density at radius 1 is 1.00 bits per heavy atom. The number of benzene rings is 1. The van der Waals surface area contributed by atoms with Crippen LogP contribution in [0.4, 0.5) is 0 Å². The van der Waals surface area contributed by atoms with Crippen molar-refractivity contribution in [1.29, 1.82) is 0 Å². The molecule has 20 heavy (non-hydrogen) atoms. The van der Waals surface area contributed by atoms with Crippen molar-refractivity contribution >= 4 is 15.9 Å². The minimum atomic E-state index is 0.354. The van der Waals surface area contributed by atoms with Crippen LogP contribution < -0.4 is 4.74 Å². The molecule has 0 aliphatic heterocycles. The van der Waals surface area contributed by atoms with Crippen LogP contribution >= 0.6 is 15.9 Å². The Hall–Kier alpha value is -1.42. The fourth-order valence-corrected chi connectivity index (χ4v) is 2.21. The zero-order valence-electron chi connectivity index (χ0n) is 12.5. The van der Waals surface area contributed by atoms with Gasteiger partial charge in [-0.05, 0) is 56.0 Å². The van der Waals surface area contributed by atoms with E-state index < -0.39 is 0 Å². The standard InChI is InChI=1S/C16H19BrN2O/c1-9(2)14-8-12(5)18-16(19-14)20-13-6-10(3)15(17)11(4)7-13/h6-9H,1-5H3. The summed E-state index contributed by atoms with van der Waals surface area (Å²) in [6.45, 7) is 10.3. The molecular weight excluding hydrogens is 316 g/mol. The molecule has 1 heterocycles. The molecule has 0 aliphatic carbocycles. The van der Waals surface area contributed by atoms with Gasteiger partial charge in [0.1, 0.15) is 5.75 Å². The first-order chi connectivity index (χ1) is 9.36. The van der Waals surface area contributed by atoms with E-state index >= 15 is 0 Å². The second-order valence-electron chi connectivity index (χ2n) is 5.34. The van der Waals surface area contributed by atoms with E-state index in [4.69, 9.17) is 4.74 Å². The van der Waals surface area contributed by atoms with Crippen LogP contribution in [-0.2, 0) is 0 Å². The van der Waals surface area contributed by atoms with Gasteiger partial charge in [0, 0.05) is 10.2 Å². The van der Waals surface area contributed by atoms with Gasteiger partial charge >= 0.3 is 6.01 Å². The largest absolute Gasteiger partial charge is 0.424 e. The van der Waals surface area contributed by atoms with Crippen LogP contribution in [0.5, 0.6) is 11.8 Å². The van der Waals surface area contributed by atoms with Gasteiger partial charge in [0.2, 0.25) is 0 Å². The minimum Gasteiger partial charge on any atom is -0.424 e. The summed E-state index contributed by atoms with van der Waals surface area (Å²) in [5, 5.41) is 0. The first-order valence-electron chi connectivity index (χ1n) is 6.67. The zero-order valence-corrected chi connectivity index (χ0v) is 14.1. The van der Waals surface area contributed by atoms with Crippen molar-refractivity contribution in [3.05, 3.63) is 45.2 Å². The van der Waals surface area contributed by atoms with Crippen molar-refractivity contribution in [2.75, 3.05) is 0 Å². The Morgan fingerprint density at radius 2 is 1.60 bits per heavy atom. The fraction of sp³-hybridized carbons (Fsp3) is 0.375. The van der Waals surface area contributed by atoms with Crippen LogP contribution in [0.1, 0.15) is 42.3 Å². The molecule has 3 nitrogen and oxygen atoms in total. The van der Waals surface area contributed by atoms with E-state index in [1.165, 1.54) is 0 Å². The van der Waals surface area contributed by atoms with E-state index in [2.05, 4.69) is 39.7 Å². The van der Waals surface area contributed by atoms with Crippen molar-refractivity contribution in [1.82, 2.24) is 9.97 Å². The molecular formula is C16H19BrN2O. The minimum absolute atomic E-state index is 0.354. The Labute approximate surface area is 128 Å². The molecule has 2 rings (SSSR count). The van der Waals surface area contributed by atoms with Gasteiger partial charge in [-0.2, -0.15) is 4.98 Å². The van der Waals surface area contributed by atoms with Gasteiger partial charge in [-0.1, -0.05) is 29.8 Å². The van der Waals surface area contributed by atoms with Crippen LogP contribution in [0.25, 0.3) is 0 Å². The molecule has 106 valence electrons. The van der Waals surface area contributed by atoms with Crippen molar-refractivity contribution in [2.24, 2.45) is 0 Å².